The average Bonchev–Trinajstić information content (AvgIpc) is 2.96. The van der Waals surface area contributed by atoms with Crippen molar-refractivity contribution in [2.45, 2.75) is 39.0 Å². The van der Waals surface area contributed by atoms with Gasteiger partial charge >= 0.3 is 0 Å². The van der Waals surface area contributed by atoms with Crippen LogP contribution < -0.4 is 4.90 Å². The van der Waals surface area contributed by atoms with Crippen LogP contribution in [-0.4, -0.2) is 34.4 Å². The summed E-state index contributed by atoms with van der Waals surface area (Å²) in [4.78, 5) is 13.4. The zero-order chi connectivity index (χ0) is 13.0. The van der Waals surface area contributed by atoms with Crippen molar-refractivity contribution in [3.05, 3.63) is 5.01 Å². The molecule has 1 atom stereocenters. The number of nitrogens with zero attached hydrogens (tertiary/aromatic N) is 3. The first kappa shape index (κ1) is 13.4. The molecule has 1 fully saturated rings. The van der Waals surface area contributed by atoms with Crippen LogP contribution in [0.25, 0.3) is 0 Å². The Hall–Kier alpha value is -1.01. The molecule has 0 saturated carbocycles. The van der Waals surface area contributed by atoms with E-state index in [4.69, 9.17) is 5.11 Å². The van der Waals surface area contributed by atoms with Crippen LogP contribution in [0, 0.1) is 5.92 Å². The van der Waals surface area contributed by atoms with Crippen molar-refractivity contribution in [3.8, 4) is 0 Å². The number of hydrogen-bond donors (Lipinski definition) is 1. The summed E-state index contributed by atoms with van der Waals surface area (Å²) in [6, 6.07) is 0. The molecular formula is C12H19N3O2S. The van der Waals surface area contributed by atoms with Crippen LogP contribution in [0.5, 0.6) is 0 Å². The summed E-state index contributed by atoms with van der Waals surface area (Å²) in [5.74, 6) is 0.0928. The molecule has 1 aromatic rings. The van der Waals surface area contributed by atoms with Gasteiger partial charge in [-0.05, 0) is 6.42 Å². The summed E-state index contributed by atoms with van der Waals surface area (Å²) in [6.45, 7) is 2.80. The Labute approximate surface area is 111 Å². The van der Waals surface area contributed by atoms with Gasteiger partial charge in [-0.15, -0.1) is 10.2 Å². The molecule has 2 rings (SSSR count). The number of aromatic nitrogens is 2. The molecule has 5 nitrogen and oxygen atoms in total. The van der Waals surface area contributed by atoms with Gasteiger partial charge in [-0.1, -0.05) is 31.1 Å². The van der Waals surface area contributed by atoms with E-state index >= 15 is 0 Å². The summed E-state index contributed by atoms with van der Waals surface area (Å²) < 4.78 is 0. The van der Waals surface area contributed by atoms with Crippen LogP contribution in [0.1, 0.15) is 37.6 Å². The molecule has 100 valence electrons. The van der Waals surface area contributed by atoms with Crippen molar-refractivity contribution in [1.82, 2.24) is 10.2 Å². The smallest absolute Gasteiger partial charge is 0.229 e. The molecule has 18 heavy (non-hydrogen) atoms. The van der Waals surface area contributed by atoms with Crippen molar-refractivity contribution in [2.75, 3.05) is 18.1 Å². The third kappa shape index (κ3) is 3.05. The number of aliphatic hydroxyl groups is 1. The van der Waals surface area contributed by atoms with Gasteiger partial charge in [0.05, 0.1) is 0 Å². The molecule has 1 unspecified atom stereocenters. The van der Waals surface area contributed by atoms with Crippen molar-refractivity contribution in [2.24, 2.45) is 5.92 Å². The number of amides is 1. The van der Waals surface area contributed by atoms with Crippen LogP contribution in [0.4, 0.5) is 5.13 Å². The lowest BCUT2D eigenvalue weighted by Gasteiger charge is -2.10. The second-order valence-corrected chi connectivity index (χ2v) is 5.73. The highest BCUT2D eigenvalue weighted by Crippen LogP contribution is 2.28. The Morgan fingerprint density at radius 2 is 2.28 bits per heavy atom. The molecule has 1 amide bonds. The Bertz CT molecular complexity index is 408. The van der Waals surface area contributed by atoms with E-state index in [2.05, 4.69) is 17.1 Å². The molecule has 0 aliphatic carbocycles. The maximum atomic E-state index is 11.8. The highest BCUT2D eigenvalue weighted by Gasteiger charge is 2.32. The van der Waals surface area contributed by atoms with E-state index in [9.17, 15) is 4.79 Å². The first-order valence-corrected chi connectivity index (χ1v) is 7.29. The minimum Gasteiger partial charge on any atom is -0.396 e. The fourth-order valence-corrected chi connectivity index (χ4v) is 2.98. The molecular weight excluding hydrogens is 250 g/mol. The number of carbonyl (C=O) groups is 1. The second kappa shape index (κ2) is 6.24. The molecule has 2 heterocycles. The summed E-state index contributed by atoms with van der Waals surface area (Å²) >= 11 is 1.50. The van der Waals surface area contributed by atoms with Crippen molar-refractivity contribution in [1.29, 1.82) is 0 Å². The Morgan fingerprint density at radius 3 is 2.94 bits per heavy atom. The average molecular weight is 269 g/mol. The molecule has 1 N–H and O–H groups in total. The van der Waals surface area contributed by atoms with E-state index < -0.39 is 0 Å². The molecule has 0 aromatic carbocycles. The molecule has 1 aliphatic rings. The SMILES string of the molecule is CCCCCc1nnc(N2CC(CO)CC2=O)s1. The van der Waals surface area contributed by atoms with Gasteiger partial charge in [-0.3, -0.25) is 9.69 Å². The topological polar surface area (TPSA) is 66.3 Å². The molecule has 1 aromatic heterocycles. The van der Waals surface area contributed by atoms with Crippen molar-refractivity contribution in [3.63, 3.8) is 0 Å². The maximum Gasteiger partial charge on any atom is 0.229 e. The van der Waals surface area contributed by atoms with Crippen LogP contribution in [0.15, 0.2) is 0 Å². The first-order valence-electron chi connectivity index (χ1n) is 6.48. The summed E-state index contributed by atoms with van der Waals surface area (Å²) in [5.41, 5.74) is 0. The van der Waals surface area contributed by atoms with E-state index in [-0.39, 0.29) is 18.4 Å². The Balaban J connectivity index is 1.95. The highest BCUT2D eigenvalue weighted by molar-refractivity contribution is 7.15. The van der Waals surface area contributed by atoms with Crippen molar-refractivity contribution < 1.29 is 9.90 Å². The van der Waals surface area contributed by atoms with Crippen LogP contribution >= 0.6 is 11.3 Å². The quantitative estimate of drug-likeness (QED) is 0.797. The highest BCUT2D eigenvalue weighted by atomic mass is 32.1. The van der Waals surface area contributed by atoms with E-state index in [1.165, 1.54) is 24.2 Å². The number of hydrogen-bond acceptors (Lipinski definition) is 5. The van der Waals surface area contributed by atoms with Gasteiger partial charge in [0.25, 0.3) is 0 Å². The third-order valence-electron chi connectivity index (χ3n) is 3.14. The monoisotopic (exact) mass is 269 g/mol. The lowest BCUT2D eigenvalue weighted by Crippen LogP contribution is -2.24. The predicted octanol–water partition coefficient (Wildman–Crippen LogP) is 1.62. The second-order valence-electron chi connectivity index (χ2n) is 4.69. The van der Waals surface area contributed by atoms with Gasteiger partial charge in [0.1, 0.15) is 5.01 Å². The standard InChI is InChI=1S/C12H19N3O2S/c1-2-3-4-5-10-13-14-12(18-10)15-7-9(8-16)6-11(15)17/h9,16H,2-8H2,1H3. The lowest BCUT2D eigenvalue weighted by molar-refractivity contribution is -0.117. The molecule has 0 spiro atoms. The Kier molecular flexibility index (Phi) is 4.66. The zero-order valence-electron chi connectivity index (χ0n) is 10.6. The number of aryl methyl sites for hydroxylation is 1. The number of anilines is 1. The fraction of sp³-hybridized carbons (Fsp3) is 0.750. The molecule has 0 bridgehead atoms. The van der Waals surface area contributed by atoms with Crippen LogP contribution in [0.2, 0.25) is 0 Å². The zero-order valence-corrected chi connectivity index (χ0v) is 11.4. The van der Waals surface area contributed by atoms with Gasteiger partial charge in [-0.2, -0.15) is 0 Å². The van der Waals surface area contributed by atoms with Crippen LogP contribution in [0.3, 0.4) is 0 Å². The molecule has 1 saturated heterocycles. The van der Waals surface area contributed by atoms with E-state index in [0.29, 0.717) is 18.1 Å². The molecule has 1 aliphatic heterocycles. The lowest BCUT2D eigenvalue weighted by atomic mass is 10.1. The van der Waals surface area contributed by atoms with Gasteiger partial charge in [0.15, 0.2) is 0 Å². The maximum absolute atomic E-state index is 11.8. The van der Waals surface area contributed by atoms with Gasteiger partial charge in [-0.25, -0.2) is 0 Å². The number of carbonyl (C=O) groups excluding carboxylic acids is 1. The summed E-state index contributed by atoms with van der Waals surface area (Å²) in [7, 11) is 0. The minimum atomic E-state index is 0.0462. The van der Waals surface area contributed by atoms with E-state index in [1.807, 2.05) is 0 Å². The minimum absolute atomic E-state index is 0.0462. The third-order valence-corrected chi connectivity index (χ3v) is 4.15. The van der Waals surface area contributed by atoms with Crippen molar-refractivity contribution >= 4 is 22.4 Å². The molecule has 6 heteroatoms. The number of aliphatic hydroxyl groups excluding tert-OH is 1. The normalized spacial score (nSPS) is 19.8. The van der Waals surface area contributed by atoms with Gasteiger partial charge < -0.3 is 5.11 Å². The predicted molar refractivity (Wildman–Crippen MR) is 70.7 cm³/mol. The Morgan fingerprint density at radius 1 is 1.44 bits per heavy atom. The van der Waals surface area contributed by atoms with Crippen LogP contribution in [-0.2, 0) is 11.2 Å². The first-order chi connectivity index (χ1) is 8.74. The molecule has 0 radical (unpaired) electrons. The van der Waals surface area contributed by atoms with Gasteiger partial charge in [0.2, 0.25) is 11.0 Å². The van der Waals surface area contributed by atoms with E-state index in [0.717, 1.165) is 17.8 Å². The number of unbranched alkanes of at least 4 members (excludes halogenated alkanes) is 2. The number of rotatable bonds is 6. The largest absolute Gasteiger partial charge is 0.396 e. The summed E-state index contributed by atoms with van der Waals surface area (Å²) in [5, 5.41) is 19.0. The summed E-state index contributed by atoms with van der Waals surface area (Å²) in [6.07, 6.45) is 4.87. The van der Waals surface area contributed by atoms with E-state index in [1.54, 1.807) is 4.90 Å². The van der Waals surface area contributed by atoms with Gasteiger partial charge in [0, 0.05) is 31.9 Å². The fourth-order valence-electron chi connectivity index (χ4n) is 2.07.